The fourth-order valence-corrected chi connectivity index (χ4v) is 4.26. The Morgan fingerprint density at radius 2 is 2.00 bits per heavy atom. The summed E-state index contributed by atoms with van der Waals surface area (Å²) < 4.78 is 19.3. The molecule has 2 N–H and O–H groups in total. The summed E-state index contributed by atoms with van der Waals surface area (Å²) in [5, 5.41) is 17.5. The number of aromatic amines is 1. The number of amides is 1. The number of hydrogen-bond acceptors (Lipinski definition) is 4. The van der Waals surface area contributed by atoms with Gasteiger partial charge in [-0.25, -0.2) is 4.39 Å². The molecule has 0 saturated carbocycles. The molecule has 2 aliphatic rings. The number of hydrogen-bond donors (Lipinski definition) is 2. The lowest BCUT2D eigenvalue weighted by atomic mass is 9.95. The van der Waals surface area contributed by atoms with Crippen molar-refractivity contribution in [2.24, 2.45) is 0 Å². The first-order chi connectivity index (χ1) is 14.1. The monoisotopic (exact) mass is 393 g/mol. The summed E-state index contributed by atoms with van der Waals surface area (Å²) in [7, 11) is 0. The molecule has 0 bridgehead atoms. The molecule has 0 unspecified atom stereocenters. The van der Waals surface area contributed by atoms with E-state index in [1.165, 1.54) is 12.1 Å². The minimum Gasteiger partial charge on any atom is -0.507 e. The highest BCUT2D eigenvalue weighted by molar-refractivity contribution is 6.00. The van der Waals surface area contributed by atoms with Gasteiger partial charge in [-0.15, -0.1) is 0 Å². The lowest BCUT2D eigenvalue weighted by Gasteiger charge is -2.28. The maximum Gasteiger partial charge on any atom is 0.273 e. The van der Waals surface area contributed by atoms with Crippen molar-refractivity contribution in [3.63, 3.8) is 0 Å². The molecular weight excluding hydrogens is 373 g/mol. The predicted octanol–water partition coefficient (Wildman–Crippen LogP) is 3.65. The van der Waals surface area contributed by atoms with Crippen molar-refractivity contribution in [2.75, 3.05) is 13.2 Å². The molecule has 3 aromatic rings. The van der Waals surface area contributed by atoms with E-state index in [4.69, 9.17) is 4.74 Å². The molecule has 1 aromatic heterocycles. The van der Waals surface area contributed by atoms with Gasteiger partial charge in [0, 0.05) is 24.3 Å². The number of carbonyl (C=O) groups excluding carboxylic acids is 1. The van der Waals surface area contributed by atoms with E-state index >= 15 is 0 Å². The first-order valence-electron chi connectivity index (χ1n) is 9.68. The summed E-state index contributed by atoms with van der Waals surface area (Å²) in [6.07, 6.45) is 1.86. The number of nitrogens with zero attached hydrogens (tertiary/aromatic N) is 2. The van der Waals surface area contributed by atoms with E-state index in [1.54, 1.807) is 35.2 Å². The third-order valence-corrected chi connectivity index (χ3v) is 5.63. The molecule has 3 heterocycles. The molecule has 0 spiro atoms. The largest absolute Gasteiger partial charge is 0.507 e. The van der Waals surface area contributed by atoms with Crippen LogP contribution in [0.1, 0.15) is 40.5 Å². The zero-order valence-electron chi connectivity index (χ0n) is 15.6. The van der Waals surface area contributed by atoms with Gasteiger partial charge in [-0.05, 0) is 42.7 Å². The zero-order chi connectivity index (χ0) is 20.0. The zero-order valence-corrected chi connectivity index (χ0v) is 15.6. The minimum absolute atomic E-state index is 0.0209. The molecule has 2 aliphatic heterocycles. The Bertz CT molecular complexity index is 1060. The number of para-hydroxylation sites is 1. The molecule has 1 saturated heterocycles. The van der Waals surface area contributed by atoms with Crippen LogP contribution in [0.3, 0.4) is 0 Å². The molecule has 1 fully saturated rings. The number of fused-ring (bicyclic) bond motifs is 1. The SMILES string of the molecule is O=C1c2[nH]nc(-c3ccccc3O)c2[C@@H](c2ccc(F)cc2)N1C[C@H]1CCCO1. The third kappa shape index (κ3) is 2.98. The maximum atomic E-state index is 13.6. The Morgan fingerprint density at radius 3 is 2.72 bits per heavy atom. The van der Waals surface area contributed by atoms with Crippen LogP contribution < -0.4 is 0 Å². The number of benzene rings is 2. The fraction of sp³-hybridized carbons (Fsp3) is 0.273. The Labute approximate surface area is 166 Å². The van der Waals surface area contributed by atoms with E-state index in [9.17, 15) is 14.3 Å². The van der Waals surface area contributed by atoms with Crippen molar-refractivity contribution < 1.29 is 19.0 Å². The second-order valence-corrected chi connectivity index (χ2v) is 7.42. The van der Waals surface area contributed by atoms with Crippen LogP contribution in [0.25, 0.3) is 11.3 Å². The van der Waals surface area contributed by atoms with Crippen LogP contribution in [0.5, 0.6) is 5.75 Å². The molecule has 2 aromatic carbocycles. The number of phenolic OH excluding ortho intramolecular Hbond substituents is 1. The van der Waals surface area contributed by atoms with Crippen LogP contribution in [0.2, 0.25) is 0 Å². The normalized spacial score (nSPS) is 21.0. The lowest BCUT2D eigenvalue weighted by Crippen LogP contribution is -2.36. The van der Waals surface area contributed by atoms with Crippen LogP contribution in [0.15, 0.2) is 48.5 Å². The number of nitrogens with one attached hydrogen (secondary N) is 1. The van der Waals surface area contributed by atoms with Crippen molar-refractivity contribution in [2.45, 2.75) is 25.0 Å². The fourth-order valence-electron chi connectivity index (χ4n) is 4.26. The first kappa shape index (κ1) is 17.9. The van der Waals surface area contributed by atoms with Crippen molar-refractivity contribution in [3.05, 3.63) is 71.2 Å². The quantitative estimate of drug-likeness (QED) is 0.709. The Kier molecular flexibility index (Phi) is 4.32. The highest BCUT2D eigenvalue weighted by Gasteiger charge is 2.43. The van der Waals surface area contributed by atoms with Gasteiger partial charge in [-0.1, -0.05) is 24.3 Å². The van der Waals surface area contributed by atoms with Gasteiger partial charge in [0.05, 0.1) is 12.1 Å². The number of H-pyrrole nitrogens is 1. The topological polar surface area (TPSA) is 78.5 Å². The average molecular weight is 393 g/mol. The number of aromatic hydroxyl groups is 1. The first-order valence-corrected chi connectivity index (χ1v) is 9.68. The smallest absolute Gasteiger partial charge is 0.273 e. The van der Waals surface area contributed by atoms with Crippen LogP contribution in [0, 0.1) is 5.82 Å². The van der Waals surface area contributed by atoms with Gasteiger partial charge in [0.15, 0.2) is 0 Å². The van der Waals surface area contributed by atoms with Gasteiger partial charge < -0.3 is 14.7 Å². The molecule has 1 amide bonds. The van der Waals surface area contributed by atoms with Crippen molar-refractivity contribution in [1.82, 2.24) is 15.1 Å². The van der Waals surface area contributed by atoms with E-state index in [2.05, 4.69) is 10.2 Å². The Hall–Kier alpha value is -3.19. The van der Waals surface area contributed by atoms with Crippen molar-refractivity contribution in [1.29, 1.82) is 0 Å². The molecule has 2 atom stereocenters. The molecule has 7 heteroatoms. The maximum absolute atomic E-state index is 13.6. The van der Waals surface area contributed by atoms with E-state index in [-0.39, 0.29) is 23.6 Å². The second-order valence-electron chi connectivity index (χ2n) is 7.42. The summed E-state index contributed by atoms with van der Waals surface area (Å²) in [5.74, 6) is -0.416. The summed E-state index contributed by atoms with van der Waals surface area (Å²) in [5.41, 5.74) is 2.95. The van der Waals surface area contributed by atoms with Crippen LogP contribution in [0.4, 0.5) is 4.39 Å². The third-order valence-electron chi connectivity index (χ3n) is 5.63. The van der Waals surface area contributed by atoms with E-state index in [0.717, 1.165) is 18.4 Å². The second kappa shape index (κ2) is 7.00. The Morgan fingerprint density at radius 1 is 1.21 bits per heavy atom. The predicted molar refractivity (Wildman–Crippen MR) is 104 cm³/mol. The van der Waals surface area contributed by atoms with Crippen LogP contribution in [-0.4, -0.2) is 45.4 Å². The average Bonchev–Trinajstić information content (AvgIpc) is 3.44. The number of phenols is 1. The van der Waals surface area contributed by atoms with Crippen LogP contribution >= 0.6 is 0 Å². The highest BCUT2D eigenvalue weighted by atomic mass is 19.1. The molecule has 0 radical (unpaired) electrons. The van der Waals surface area contributed by atoms with Gasteiger partial charge in [-0.3, -0.25) is 9.89 Å². The standard InChI is InChI=1S/C22H20FN3O3/c23-14-9-7-13(8-10-14)21-18-19(16-5-1-2-6-17(16)27)24-25-20(18)22(28)26(21)12-15-4-3-11-29-15/h1-2,5-10,15,21,27H,3-4,11-12H2,(H,24,25)/t15-,21-/m1/s1. The number of aromatic nitrogens is 2. The molecule has 5 rings (SSSR count). The number of carbonyl (C=O) groups is 1. The van der Waals surface area contributed by atoms with Gasteiger partial charge in [-0.2, -0.15) is 5.10 Å². The van der Waals surface area contributed by atoms with E-state index < -0.39 is 6.04 Å². The van der Waals surface area contributed by atoms with Gasteiger partial charge in [0.2, 0.25) is 0 Å². The summed E-state index contributed by atoms with van der Waals surface area (Å²) >= 11 is 0. The van der Waals surface area contributed by atoms with Crippen molar-refractivity contribution >= 4 is 5.91 Å². The summed E-state index contributed by atoms with van der Waals surface area (Å²) in [6, 6.07) is 12.6. The lowest BCUT2D eigenvalue weighted by molar-refractivity contribution is 0.0495. The summed E-state index contributed by atoms with van der Waals surface area (Å²) in [4.78, 5) is 15.0. The molecule has 6 nitrogen and oxygen atoms in total. The van der Waals surface area contributed by atoms with Crippen molar-refractivity contribution in [3.8, 4) is 17.0 Å². The highest BCUT2D eigenvalue weighted by Crippen LogP contribution is 2.44. The number of halogens is 1. The molecular formula is C22H20FN3O3. The minimum atomic E-state index is -0.435. The summed E-state index contributed by atoms with van der Waals surface area (Å²) in [6.45, 7) is 1.15. The molecule has 29 heavy (non-hydrogen) atoms. The van der Waals surface area contributed by atoms with Gasteiger partial charge >= 0.3 is 0 Å². The van der Waals surface area contributed by atoms with Gasteiger partial charge in [0.1, 0.15) is 23.0 Å². The van der Waals surface area contributed by atoms with Gasteiger partial charge in [0.25, 0.3) is 5.91 Å². The Balaban J connectivity index is 1.64. The number of ether oxygens (including phenoxy) is 1. The van der Waals surface area contributed by atoms with E-state index in [1.807, 2.05) is 6.07 Å². The molecule has 0 aliphatic carbocycles. The number of rotatable bonds is 4. The van der Waals surface area contributed by atoms with E-state index in [0.29, 0.717) is 35.7 Å². The molecule has 148 valence electrons. The van der Waals surface area contributed by atoms with Crippen LogP contribution in [-0.2, 0) is 4.74 Å².